The van der Waals surface area contributed by atoms with Gasteiger partial charge in [0.25, 0.3) is 5.91 Å². The number of aromatic hydroxyl groups is 1. The summed E-state index contributed by atoms with van der Waals surface area (Å²) in [5.41, 5.74) is 3.33. The minimum Gasteiger partial charge on any atom is -0.511 e. The van der Waals surface area contributed by atoms with E-state index < -0.39 is 40.6 Å². The number of Topliss-reactive ketones (excluding diaryl/α,β-unsaturated/α-hetero) is 2. The molecule has 1 saturated carbocycles. The summed E-state index contributed by atoms with van der Waals surface area (Å²) in [7, 11) is 5.13. The second-order valence-corrected chi connectivity index (χ2v) is 11.0. The summed E-state index contributed by atoms with van der Waals surface area (Å²) < 4.78 is 0. The lowest BCUT2D eigenvalue weighted by atomic mass is 9.61. The van der Waals surface area contributed by atoms with Gasteiger partial charge in [0.05, 0.1) is 11.5 Å². The molecule has 210 valence electrons. The molecule has 0 heterocycles. The Morgan fingerprint density at radius 2 is 1.80 bits per heavy atom. The molecular formula is C31H35N3O6. The number of likely N-dealkylation sites (N-methyl/N-ethyl adjacent to an activating group) is 1. The van der Waals surface area contributed by atoms with Gasteiger partial charge in [0.1, 0.15) is 22.8 Å². The Labute approximate surface area is 233 Å². The number of hydrogen-bond acceptors (Lipinski definition) is 8. The van der Waals surface area contributed by atoms with E-state index in [1.165, 1.54) is 12.6 Å². The highest BCUT2D eigenvalue weighted by Gasteiger charge is 2.51. The van der Waals surface area contributed by atoms with Crippen LogP contribution in [0.2, 0.25) is 0 Å². The number of aliphatic hydroxyl groups excluding tert-OH is 2. The first kappa shape index (κ1) is 27.5. The minimum atomic E-state index is -1.08. The third kappa shape index (κ3) is 4.64. The quantitative estimate of drug-likeness (QED) is 0.264. The van der Waals surface area contributed by atoms with Gasteiger partial charge in [0, 0.05) is 50.9 Å². The summed E-state index contributed by atoms with van der Waals surface area (Å²) in [6.07, 6.45) is 1.58. The lowest BCUT2D eigenvalue weighted by molar-refractivity contribution is -0.128. The number of benzene rings is 2. The molecule has 3 atom stereocenters. The second kappa shape index (κ2) is 10.8. The molecule has 3 aliphatic carbocycles. The molecule has 5 rings (SSSR count). The van der Waals surface area contributed by atoms with Crippen LogP contribution in [0, 0.1) is 17.8 Å². The van der Waals surface area contributed by atoms with Crippen molar-refractivity contribution in [3.05, 3.63) is 75.6 Å². The van der Waals surface area contributed by atoms with Crippen molar-refractivity contribution in [3.63, 3.8) is 0 Å². The van der Waals surface area contributed by atoms with Crippen molar-refractivity contribution in [2.24, 2.45) is 17.8 Å². The molecular weight excluding hydrogens is 510 g/mol. The van der Waals surface area contributed by atoms with Crippen LogP contribution in [0.3, 0.4) is 0 Å². The predicted octanol–water partition coefficient (Wildman–Crippen LogP) is 2.97. The van der Waals surface area contributed by atoms with E-state index in [1.54, 1.807) is 0 Å². The molecule has 40 heavy (non-hydrogen) atoms. The van der Waals surface area contributed by atoms with Gasteiger partial charge >= 0.3 is 0 Å². The number of fused-ring (bicyclic) bond motifs is 3. The van der Waals surface area contributed by atoms with Gasteiger partial charge in [-0.1, -0.05) is 30.3 Å². The first-order valence-electron chi connectivity index (χ1n) is 13.6. The molecule has 0 bridgehead atoms. The molecule has 0 aliphatic heterocycles. The first-order chi connectivity index (χ1) is 19.1. The molecule has 1 fully saturated rings. The molecule has 3 aliphatic rings. The average Bonchev–Trinajstić information content (AvgIpc) is 2.91. The molecule has 5 N–H and O–H groups in total. The number of amides is 1. The molecule has 1 amide bonds. The largest absolute Gasteiger partial charge is 0.511 e. The number of aliphatic hydroxyl groups is 2. The van der Waals surface area contributed by atoms with Crippen LogP contribution in [0.1, 0.15) is 35.1 Å². The van der Waals surface area contributed by atoms with Gasteiger partial charge in [-0.15, -0.1) is 0 Å². The molecule has 0 spiro atoms. The number of allylic oxidation sites excluding steroid dienone is 2. The fourth-order valence-corrected chi connectivity index (χ4v) is 6.48. The van der Waals surface area contributed by atoms with E-state index >= 15 is 0 Å². The summed E-state index contributed by atoms with van der Waals surface area (Å²) in [4.78, 5) is 40.7. The van der Waals surface area contributed by atoms with E-state index in [-0.39, 0.29) is 35.0 Å². The van der Waals surface area contributed by atoms with Crippen LogP contribution in [0.15, 0.2) is 53.3 Å². The maximum Gasteiger partial charge on any atom is 0.258 e. The Morgan fingerprint density at radius 3 is 2.48 bits per heavy atom. The number of nitrogens with zero attached hydrogens (tertiary/aromatic N) is 1. The predicted molar refractivity (Wildman–Crippen MR) is 151 cm³/mol. The molecule has 0 radical (unpaired) electrons. The van der Waals surface area contributed by atoms with Gasteiger partial charge in [-0.05, 0) is 54.8 Å². The maximum absolute atomic E-state index is 13.8. The highest BCUT2D eigenvalue weighted by Crippen LogP contribution is 2.52. The van der Waals surface area contributed by atoms with Crippen molar-refractivity contribution in [2.45, 2.75) is 32.2 Å². The van der Waals surface area contributed by atoms with E-state index in [0.29, 0.717) is 31.5 Å². The lowest BCUT2D eigenvalue weighted by Gasteiger charge is -2.41. The SMILES string of the molecule is CNC(=O)C1=C(O)C2C(=O)C3=C(O)c4c(O)c(CNCCc5ccccc5)cc(N(C)C)c4C[C@H]3C[C@H]2CC1=O. The monoisotopic (exact) mass is 545 g/mol. The zero-order chi connectivity index (χ0) is 28.7. The van der Waals surface area contributed by atoms with Crippen molar-refractivity contribution in [3.8, 4) is 5.75 Å². The molecule has 0 saturated heterocycles. The van der Waals surface area contributed by atoms with Crippen LogP contribution in [0.4, 0.5) is 5.69 Å². The summed E-state index contributed by atoms with van der Waals surface area (Å²) in [5, 5.41) is 39.5. The minimum absolute atomic E-state index is 0.0278. The number of carbonyl (C=O) groups excluding carboxylic acids is 3. The second-order valence-electron chi connectivity index (χ2n) is 11.0. The van der Waals surface area contributed by atoms with Gasteiger partial charge in [-0.2, -0.15) is 0 Å². The van der Waals surface area contributed by atoms with E-state index in [1.807, 2.05) is 43.3 Å². The maximum atomic E-state index is 13.8. The summed E-state index contributed by atoms with van der Waals surface area (Å²) in [6.45, 7) is 1.05. The third-order valence-electron chi connectivity index (χ3n) is 8.38. The zero-order valence-electron chi connectivity index (χ0n) is 23.0. The number of phenolic OH excluding ortho intramolecular Hbond substituents is 1. The molecule has 9 nitrogen and oxygen atoms in total. The number of nitrogens with one attached hydrogen (secondary N) is 2. The Bertz CT molecular complexity index is 1440. The van der Waals surface area contributed by atoms with Crippen molar-refractivity contribution >= 4 is 28.9 Å². The molecule has 9 heteroatoms. The Kier molecular flexibility index (Phi) is 7.42. The summed E-state index contributed by atoms with van der Waals surface area (Å²) in [5.74, 6) is -4.59. The number of phenols is 1. The summed E-state index contributed by atoms with van der Waals surface area (Å²) in [6, 6.07) is 12.0. The van der Waals surface area contributed by atoms with Gasteiger partial charge in [-0.25, -0.2) is 0 Å². The van der Waals surface area contributed by atoms with Crippen LogP contribution in [-0.2, 0) is 33.8 Å². The molecule has 1 unspecified atom stereocenters. The van der Waals surface area contributed by atoms with Gasteiger partial charge in [0.2, 0.25) is 0 Å². The topological polar surface area (TPSA) is 139 Å². The number of hydrogen-bond donors (Lipinski definition) is 5. The van der Waals surface area contributed by atoms with Crippen molar-refractivity contribution in [1.29, 1.82) is 0 Å². The lowest BCUT2D eigenvalue weighted by Crippen LogP contribution is -2.45. The average molecular weight is 546 g/mol. The highest BCUT2D eigenvalue weighted by molar-refractivity contribution is 6.21. The van der Waals surface area contributed by atoms with Crippen molar-refractivity contribution < 1.29 is 29.7 Å². The highest BCUT2D eigenvalue weighted by atomic mass is 16.3. The molecule has 2 aromatic rings. The smallest absolute Gasteiger partial charge is 0.258 e. The van der Waals surface area contributed by atoms with E-state index in [0.717, 1.165) is 17.7 Å². The van der Waals surface area contributed by atoms with E-state index in [9.17, 15) is 29.7 Å². The van der Waals surface area contributed by atoms with Gasteiger partial charge in [0.15, 0.2) is 11.6 Å². The normalized spacial score (nSPS) is 22.0. The van der Waals surface area contributed by atoms with Crippen LogP contribution >= 0.6 is 0 Å². The molecule has 0 aromatic heterocycles. The van der Waals surface area contributed by atoms with E-state index in [4.69, 9.17) is 0 Å². The standard InChI is InChI=1S/C31H35N3O6/c1-32-31(40)26-22(35)14-18-11-17-12-20-21(34(2)3)13-19(15-33-10-9-16-7-5-4-6-8-16)27(36)25(20)29(38)23(17)28(37)24(18)30(26)39/h4-8,13,17-18,24,33,36,38-39H,9-12,14-15H2,1-3H3,(H,32,40)/t17-,18+,24?/m1/s1. The van der Waals surface area contributed by atoms with Crippen LogP contribution in [-0.4, -0.2) is 60.5 Å². The fraction of sp³-hybridized carbons (Fsp3) is 0.387. The zero-order valence-corrected chi connectivity index (χ0v) is 23.0. The van der Waals surface area contributed by atoms with E-state index in [2.05, 4.69) is 22.8 Å². The Hall–Kier alpha value is -4.11. The fourth-order valence-electron chi connectivity index (χ4n) is 6.48. The van der Waals surface area contributed by atoms with Crippen LogP contribution in [0.25, 0.3) is 5.76 Å². The van der Waals surface area contributed by atoms with Gasteiger partial charge < -0.3 is 30.9 Å². The number of carbonyl (C=O) groups is 3. The van der Waals surface area contributed by atoms with Crippen LogP contribution in [0.5, 0.6) is 5.75 Å². The van der Waals surface area contributed by atoms with Crippen molar-refractivity contribution in [2.75, 3.05) is 32.6 Å². The number of ketones is 2. The number of rotatable bonds is 7. The molecule has 2 aromatic carbocycles. The van der Waals surface area contributed by atoms with Crippen molar-refractivity contribution in [1.82, 2.24) is 10.6 Å². The van der Waals surface area contributed by atoms with Crippen LogP contribution < -0.4 is 15.5 Å². The third-order valence-corrected chi connectivity index (χ3v) is 8.38. The number of anilines is 1. The summed E-state index contributed by atoms with van der Waals surface area (Å²) >= 11 is 0. The first-order valence-corrected chi connectivity index (χ1v) is 13.6. The van der Waals surface area contributed by atoms with Gasteiger partial charge in [-0.3, -0.25) is 14.4 Å². The Balaban J connectivity index is 1.50. The Morgan fingerprint density at radius 1 is 1.07 bits per heavy atom.